The van der Waals surface area contributed by atoms with Crippen molar-refractivity contribution in [2.75, 3.05) is 5.32 Å². The molecule has 0 spiro atoms. The number of carbonyl (C=O) groups is 1. The van der Waals surface area contributed by atoms with Crippen LogP contribution in [0.25, 0.3) is 0 Å². The van der Waals surface area contributed by atoms with Crippen LogP contribution >= 0.6 is 22.9 Å². The van der Waals surface area contributed by atoms with Gasteiger partial charge >= 0.3 is 0 Å². The second-order valence-electron chi connectivity index (χ2n) is 6.27. The van der Waals surface area contributed by atoms with Gasteiger partial charge in [0.25, 0.3) is 15.9 Å². The van der Waals surface area contributed by atoms with E-state index in [-0.39, 0.29) is 9.47 Å². The van der Waals surface area contributed by atoms with E-state index in [1.807, 2.05) is 38.1 Å². The number of nitrogens with one attached hydrogen (secondary N) is 2. The molecule has 2 aromatic carbocycles. The van der Waals surface area contributed by atoms with Crippen molar-refractivity contribution in [3.63, 3.8) is 0 Å². The second-order valence-corrected chi connectivity index (χ2v) is 9.57. The summed E-state index contributed by atoms with van der Waals surface area (Å²) in [6.07, 6.45) is 0.572. The molecule has 0 aliphatic rings. The lowest BCUT2D eigenvalue weighted by Gasteiger charge is -2.18. The summed E-state index contributed by atoms with van der Waals surface area (Å²) in [6.45, 7) is 3.83. The highest BCUT2D eigenvalue weighted by atomic mass is 35.5. The standard InChI is InChI=1S/C19H19ClN4O3S2/c1-3-16(15-7-5-4-6-12(15)2)24-29(26,27)19-23-22-18(28-19)21-17(25)13-8-10-14(20)11-9-13/h4-11,16,24H,3H2,1-2H3,(H,21,22,25). The van der Waals surface area contributed by atoms with Gasteiger partial charge < -0.3 is 0 Å². The van der Waals surface area contributed by atoms with Crippen molar-refractivity contribution in [1.29, 1.82) is 0 Å². The molecular formula is C19H19ClN4O3S2. The molecule has 10 heteroatoms. The lowest BCUT2D eigenvalue weighted by Crippen LogP contribution is -2.28. The smallest absolute Gasteiger partial charge is 0.270 e. The van der Waals surface area contributed by atoms with E-state index in [1.165, 1.54) is 0 Å². The molecule has 1 aromatic heterocycles. The van der Waals surface area contributed by atoms with Crippen LogP contribution in [-0.4, -0.2) is 24.5 Å². The van der Waals surface area contributed by atoms with Gasteiger partial charge in [0.2, 0.25) is 9.47 Å². The summed E-state index contributed by atoms with van der Waals surface area (Å²) in [5, 5.41) is 10.7. The number of aromatic nitrogens is 2. The van der Waals surface area contributed by atoms with Crippen LogP contribution in [-0.2, 0) is 10.0 Å². The molecule has 0 saturated heterocycles. The molecule has 0 saturated carbocycles. The second kappa shape index (κ2) is 9.00. The predicted molar refractivity (Wildman–Crippen MR) is 114 cm³/mol. The predicted octanol–water partition coefficient (Wildman–Crippen LogP) is 4.18. The number of hydrogen-bond acceptors (Lipinski definition) is 6. The van der Waals surface area contributed by atoms with Gasteiger partial charge in [-0.15, -0.1) is 10.2 Å². The molecule has 29 heavy (non-hydrogen) atoms. The van der Waals surface area contributed by atoms with Crippen LogP contribution in [0, 0.1) is 6.92 Å². The fraction of sp³-hybridized carbons (Fsp3) is 0.211. The van der Waals surface area contributed by atoms with Crippen molar-refractivity contribution in [2.45, 2.75) is 30.6 Å². The summed E-state index contributed by atoms with van der Waals surface area (Å²) in [5.74, 6) is -0.430. The fourth-order valence-corrected chi connectivity index (χ4v) is 5.06. The van der Waals surface area contributed by atoms with E-state index in [4.69, 9.17) is 11.6 Å². The van der Waals surface area contributed by atoms with Crippen LogP contribution in [0.4, 0.5) is 5.13 Å². The molecule has 2 N–H and O–H groups in total. The molecule has 152 valence electrons. The first-order valence-corrected chi connectivity index (χ1v) is 11.5. The van der Waals surface area contributed by atoms with Crippen molar-refractivity contribution >= 4 is 44.0 Å². The number of nitrogens with zero attached hydrogens (tertiary/aromatic N) is 2. The van der Waals surface area contributed by atoms with Gasteiger partial charge in [0.15, 0.2) is 0 Å². The highest BCUT2D eigenvalue weighted by Gasteiger charge is 2.25. The van der Waals surface area contributed by atoms with Crippen LogP contribution < -0.4 is 10.0 Å². The minimum Gasteiger partial charge on any atom is -0.296 e. The third-order valence-corrected chi connectivity index (χ3v) is 7.16. The van der Waals surface area contributed by atoms with Crippen LogP contribution in [0.15, 0.2) is 52.9 Å². The Hall–Kier alpha value is -2.33. The first kappa shape index (κ1) is 21.4. The van der Waals surface area contributed by atoms with Crippen LogP contribution in [0.5, 0.6) is 0 Å². The van der Waals surface area contributed by atoms with Gasteiger partial charge in [-0.3, -0.25) is 10.1 Å². The van der Waals surface area contributed by atoms with Crippen LogP contribution in [0.2, 0.25) is 5.02 Å². The maximum absolute atomic E-state index is 12.8. The molecule has 0 fully saturated rings. The first-order chi connectivity index (χ1) is 13.8. The molecule has 1 amide bonds. The van der Waals surface area contributed by atoms with Crippen molar-refractivity contribution in [1.82, 2.24) is 14.9 Å². The lowest BCUT2D eigenvalue weighted by atomic mass is 10.0. The number of aryl methyl sites for hydroxylation is 1. The maximum atomic E-state index is 12.8. The lowest BCUT2D eigenvalue weighted by molar-refractivity contribution is 0.102. The largest absolute Gasteiger partial charge is 0.296 e. The molecule has 1 unspecified atom stereocenters. The number of carbonyl (C=O) groups excluding carboxylic acids is 1. The van der Waals surface area contributed by atoms with E-state index in [0.29, 0.717) is 17.0 Å². The van der Waals surface area contributed by atoms with Gasteiger partial charge in [-0.2, -0.15) is 0 Å². The maximum Gasteiger partial charge on any atom is 0.270 e. The topological polar surface area (TPSA) is 101 Å². The first-order valence-electron chi connectivity index (χ1n) is 8.78. The number of rotatable bonds is 7. The Kier molecular flexibility index (Phi) is 6.63. The van der Waals surface area contributed by atoms with E-state index >= 15 is 0 Å². The Labute approximate surface area is 178 Å². The van der Waals surface area contributed by atoms with Gasteiger partial charge in [0, 0.05) is 16.6 Å². The number of anilines is 1. The molecular weight excluding hydrogens is 432 g/mol. The number of hydrogen-bond donors (Lipinski definition) is 2. The SMILES string of the molecule is CCC(NS(=O)(=O)c1nnc(NC(=O)c2ccc(Cl)cc2)s1)c1ccccc1C. The summed E-state index contributed by atoms with van der Waals surface area (Å²) < 4.78 is 28.0. The minimum atomic E-state index is -3.90. The molecule has 7 nitrogen and oxygen atoms in total. The highest BCUT2D eigenvalue weighted by Crippen LogP contribution is 2.26. The molecule has 0 radical (unpaired) electrons. The van der Waals surface area contributed by atoms with Gasteiger partial charge in [0.1, 0.15) is 0 Å². The Morgan fingerprint density at radius 1 is 1.14 bits per heavy atom. The average Bonchev–Trinajstić information content (AvgIpc) is 3.17. The van der Waals surface area contributed by atoms with Gasteiger partial charge in [-0.25, -0.2) is 13.1 Å². The average molecular weight is 451 g/mol. The Morgan fingerprint density at radius 3 is 2.48 bits per heavy atom. The minimum absolute atomic E-state index is 0.0919. The summed E-state index contributed by atoms with van der Waals surface area (Å²) in [5.41, 5.74) is 2.27. The van der Waals surface area contributed by atoms with Crippen molar-refractivity contribution < 1.29 is 13.2 Å². The number of benzene rings is 2. The Morgan fingerprint density at radius 2 is 1.83 bits per heavy atom. The highest BCUT2D eigenvalue weighted by molar-refractivity contribution is 7.91. The van der Waals surface area contributed by atoms with Gasteiger partial charge in [-0.05, 0) is 48.7 Å². The quantitative estimate of drug-likeness (QED) is 0.526. The summed E-state index contributed by atoms with van der Waals surface area (Å²) >= 11 is 6.60. The van der Waals surface area contributed by atoms with E-state index in [1.54, 1.807) is 24.3 Å². The zero-order chi connectivity index (χ0) is 21.0. The van der Waals surface area contributed by atoms with E-state index < -0.39 is 22.0 Å². The Balaban J connectivity index is 1.75. The Bertz CT molecular complexity index is 1110. The van der Waals surface area contributed by atoms with Crippen molar-refractivity contribution in [3.05, 3.63) is 70.2 Å². The van der Waals surface area contributed by atoms with E-state index in [9.17, 15) is 13.2 Å². The monoisotopic (exact) mass is 450 g/mol. The zero-order valence-corrected chi connectivity index (χ0v) is 18.1. The molecule has 3 aromatic rings. The molecule has 0 aliphatic heterocycles. The van der Waals surface area contributed by atoms with Gasteiger partial charge in [0.05, 0.1) is 0 Å². The molecule has 0 aliphatic carbocycles. The zero-order valence-electron chi connectivity index (χ0n) is 15.7. The van der Waals surface area contributed by atoms with Crippen molar-refractivity contribution in [2.24, 2.45) is 0 Å². The normalized spacial score (nSPS) is 12.5. The molecule has 1 heterocycles. The van der Waals surface area contributed by atoms with Gasteiger partial charge in [-0.1, -0.05) is 54.1 Å². The van der Waals surface area contributed by atoms with Crippen LogP contribution in [0.3, 0.4) is 0 Å². The third-order valence-electron chi connectivity index (χ3n) is 4.23. The molecule has 3 rings (SSSR count). The fourth-order valence-electron chi connectivity index (χ4n) is 2.72. The van der Waals surface area contributed by atoms with Crippen LogP contribution in [0.1, 0.15) is 40.9 Å². The van der Waals surface area contributed by atoms with E-state index in [0.717, 1.165) is 22.5 Å². The summed E-state index contributed by atoms with van der Waals surface area (Å²) in [7, 11) is -3.90. The summed E-state index contributed by atoms with van der Waals surface area (Å²) in [4.78, 5) is 12.3. The third kappa shape index (κ3) is 5.18. The number of halogens is 1. The van der Waals surface area contributed by atoms with Crippen molar-refractivity contribution in [3.8, 4) is 0 Å². The number of amides is 1. The molecule has 0 bridgehead atoms. The summed E-state index contributed by atoms with van der Waals surface area (Å²) in [6, 6.07) is 13.5. The number of sulfonamides is 1. The van der Waals surface area contributed by atoms with E-state index in [2.05, 4.69) is 20.2 Å². The molecule has 1 atom stereocenters.